The van der Waals surface area contributed by atoms with Gasteiger partial charge in [0.1, 0.15) is 5.75 Å². The van der Waals surface area contributed by atoms with Gasteiger partial charge < -0.3 is 15.0 Å². The standard InChI is InChI=1S/C18H26N2O/c1-3-10-21-17-7-5-6-16-18(17)15(12-20-16)14-8-9-19-11-13(14)4-2/h5-7,12-14,19-20H,3-4,8-11H2,1-2H3. The van der Waals surface area contributed by atoms with Crippen LogP contribution in [0.3, 0.4) is 0 Å². The molecule has 1 aliphatic heterocycles. The predicted molar refractivity (Wildman–Crippen MR) is 88.1 cm³/mol. The van der Waals surface area contributed by atoms with E-state index in [1.165, 1.54) is 29.3 Å². The van der Waals surface area contributed by atoms with Crippen LogP contribution in [0.4, 0.5) is 0 Å². The Morgan fingerprint density at radius 2 is 2.19 bits per heavy atom. The van der Waals surface area contributed by atoms with E-state index >= 15 is 0 Å². The van der Waals surface area contributed by atoms with Crippen LogP contribution in [-0.4, -0.2) is 24.7 Å². The van der Waals surface area contributed by atoms with Gasteiger partial charge in [-0.25, -0.2) is 0 Å². The van der Waals surface area contributed by atoms with Crippen molar-refractivity contribution in [2.45, 2.75) is 39.0 Å². The van der Waals surface area contributed by atoms with Gasteiger partial charge in [-0.05, 0) is 55.5 Å². The third-order valence-corrected chi connectivity index (χ3v) is 4.69. The van der Waals surface area contributed by atoms with Gasteiger partial charge in [-0.15, -0.1) is 0 Å². The minimum Gasteiger partial charge on any atom is -0.493 e. The first-order valence-electron chi connectivity index (χ1n) is 8.28. The highest BCUT2D eigenvalue weighted by molar-refractivity contribution is 5.89. The molecule has 0 saturated carbocycles. The molecule has 2 aromatic rings. The Balaban J connectivity index is 2.01. The largest absolute Gasteiger partial charge is 0.493 e. The molecule has 0 radical (unpaired) electrons. The molecule has 0 spiro atoms. The molecule has 0 bridgehead atoms. The lowest BCUT2D eigenvalue weighted by molar-refractivity contribution is 0.313. The van der Waals surface area contributed by atoms with Crippen molar-refractivity contribution >= 4 is 10.9 Å². The molecule has 0 aliphatic carbocycles. The van der Waals surface area contributed by atoms with Crippen molar-refractivity contribution in [3.8, 4) is 5.75 Å². The fraction of sp³-hybridized carbons (Fsp3) is 0.556. The highest BCUT2D eigenvalue weighted by Crippen LogP contribution is 2.39. The number of aromatic nitrogens is 1. The molecular weight excluding hydrogens is 260 g/mol. The highest BCUT2D eigenvalue weighted by atomic mass is 16.5. The topological polar surface area (TPSA) is 37.0 Å². The number of fused-ring (bicyclic) bond motifs is 1. The van der Waals surface area contributed by atoms with Crippen LogP contribution in [0.15, 0.2) is 24.4 Å². The number of hydrogen-bond acceptors (Lipinski definition) is 2. The van der Waals surface area contributed by atoms with E-state index in [0.717, 1.165) is 37.8 Å². The Labute approximate surface area is 127 Å². The maximum atomic E-state index is 5.99. The summed E-state index contributed by atoms with van der Waals surface area (Å²) in [5.74, 6) is 2.40. The van der Waals surface area contributed by atoms with Gasteiger partial charge in [0, 0.05) is 17.1 Å². The molecule has 3 heteroatoms. The van der Waals surface area contributed by atoms with Crippen molar-refractivity contribution in [1.82, 2.24) is 10.3 Å². The third-order valence-electron chi connectivity index (χ3n) is 4.69. The molecular formula is C18H26N2O. The van der Waals surface area contributed by atoms with Crippen LogP contribution in [-0.2, 0) is 0 Å². The monoisotopic (exact) mass is 286 g/mol. The number of nitrogens with one attached hydrogen (secondary N) is 2. The van der Waals surface area contributed by atoms with Gasteiger partial charge in [-0.1, -0.05) is 26.3 Å². The molecule has 2 unspecified atom stereocenters. The first-order chi connectivity index (χ1) is 10.3. The Morgan fingerprint density at radius 3 is 3.00 bits per heavy atom. The lowest BCUT2D eigenvalue weighted by Gasteiger charge is -2.31. The van der Waals surface area contributed by atoms with Crippen molar-refractivity contribution in [3.63, 3.8) is 0 Å². The molecule has 1 saturated heterocycles. The molecule has 0 amide bonds. The summed E-state index contributed by atoms with van der Waals surface area (Å²) in [6.07, 6.45) is 5.69. The van der Waals surface area contributed by atoms with E-state index in [-0.39, 0.29) is 0 Å². The Kier molecular flexibility index (Phi) is 4.49. The molecule has 3 rings (SSSR count). The molecule has 1 aromatic heterocycles. The molecule has 114 valence electrons. The quantitative estimate of drug-likeness (QED) is 0.869. The number of ether oxygens (including phenoxy) is 1. The Bertz CT molecular complexity index is 590. The minimum absolute atomic E-state index is 0.636. The molecule has 3 nitrogen and oxygen atoms in total. The second kappa shape index (κ2) is 6.52. The molecule has 21 heavy (non-hydrogen) atoms. The number of aromatic amines is 1. The summed E-state index contributed by atoms with van der Waals surface area (Å²) in [5, 5.41) is 4.84. The van der Waals surface area contributed by atoms with Crippen molar-refractivity contribution < 1.29 is 4.74 Å². The summed E-state index contributed by atoms with van der Waals surface area (Å²) in [6.45, 7) is 7.48. The highest BCUT2D eigenvalue weighted by Gasteiger charge is 2.27. The van der Waals surface area contributed by atoms with Crippen molar-refractivity contribution in [2.75, 3.05) is 19.7 Å². The summed E-state index contributed by atoms with van der Waals surface area (Å²) in [5.41, 5.74) is 2.65. The minimum atomic E-state index is 0.636. The molecule has 2 atom stereocenters. The van der Waals surface area contributed by atoms with Gasteiger partial charge in [0.15, 0.2) is 0 Å². The molecule has 2 N–H and O–H groups in total. The normalized spacial score (nSPS) is 22.6. The van der Waals surface area contributed by atoms with Gasteiger partial charge in [0.25, 0.3) is 0 Å². The number of piperidine rings is 1. The van der Waals surface area contributed by atoms with Crippen LogP contribution in [0, 0.1) is 5.92 Å². The van der Waals surface area contributed by atoms with Gasteiger partial charge in [-0.2, -0.15) is 0 Å². The van der Waals surface area contributed by atoms with Crippen molar-refractivity contribution in [3.05, 3.63) is 30.0 Å². The van der Waals surface area contributed by atoms with Gasteiger partial charge in [0.05, 0.1) is 6.61 Å². The van der Waals surface area contributed by atoms with E-state index < -0.39 is 0 Å². The predicted octanol–water partition coefficient (Wildman–Crippen LogP) is 4.06. The SMILES string of the molecule is CCCOc1cccc2[nH]cc(C3CCNCC3CC)c12. The van der Waals surface area contributed by atoms with E-state index in [0.29, 0.717) is 5.92 Å². The summed E-state index contributed by atoms with van der Waals surface area (Å²) in [4.78, 5) is 3.45. The zero-order chi connectivity index (χ0) is 14.7. The average Bonchev–Trinajstić information content (AvgIpc) is 2.97. The zero-order valence-corrected chi connectivity index (χ0v) is 13.1. The van der Waals surface area contributed by atoms with Crippen LogP contribution in [0.5, 0.6) is 5.75 Å². The summed E-state index contributed by atoms with van der Waals surface area (Å²) in [7, 11) is 0. The van der Waals surface area contributed by atoms with Crippen LogP contribution < -0.4 is 10.1 Å². The maximum absolute atomic E-state index is 5.99. The van der Waals surface area contributed by atoms with E-state index in [9.17, 15) is 0 Å². The lowest BCUT2D eigenvalue weighted by atomic mass is 9.79. The van der Waals surface area contributed by atoms with Crippen LogP contribution in [0.1, 0.15) is 44.6 Å². The van der Waals surface area contributed by atoms with E-state index in [1.807, 2.05) is 0 Å². The number of H-pyrrole nitrogens is 1. The third kappa shape index (κ3) is 2.80. The summed E-state index contributed by atoms with van der Waals surface area (Å²) >= 11 is 0. The summed E-state index contributed by atoms with van der Waals surface area (Å²) < 4.78 is 5.99. The van der Waals surface area contributed by atoms with Crippen LogP contribution in [0.2, 0.25) is 0 Å². The Hall–Kier alpha value is -1.48. The molecule has 1 aliphatic rings. The van der Waals surface area contributed by atoms with Gasteiger partial charge >= 0.3 is 0 Å². The Morgan fingerprint density at radius 1 is 1.29 bits per heavy atom. The zero-order valence-electron chi connectivity index (χ0n) is 13.1. The maximum Gasteiger partial charge on any atom is 0.128 e. The summed E-state index contributed by atoms with van der Waals surface area (Å²) in [6, 6.07) is 6.34. The molecule has 1 fully saturated rings. The van der Waals surface area contributed by atoms with E-state index in [4.69, 9.17) is 4.74 Å². The van der Waals surface area contributed by atoms with Crippen molar-refractivity contribution in [2.24, 2.45) is 5.92 Å². The van der Waals surface area contributed by atoms with Crippen molar-refractivity contribution in [1.29, 1.82) is 0 Å². The second-order valence-electron chi connectivity index (χ2n) is 6.04. The number of rotatable bonds is 5. The average molecular weight is 286 g/mol. The first-order valence-corrected chi connectivity index (χ1v) is 8.28. The van der Waals surface area contributed by atoms with Crippen LogP contribution in [0.25, 0.3) is 10.9 Å². The van der Waals surface area contributed by atoms with Crippen LogP contribution >= 0.6 is 0 Å². The number of hydrogen-bond donors (Lipinski definition) is 2. The first kappa shape index (κ1) is 14.5. The smallest absolute Gasteiger partial charge is 0.128 e. The molecule has 2 heterocycles. The fourth-order valence-electron chi connectivity index (χ4n) is 3.56. The van der Waals surface area contributed by atoms with Gasteiger partial charge in [-0.3, -0.25) is 0 Å². The second-order valence-corrected chi connectivity index (χ2v) is 6.04. The van der Waals surface area contributed by atoms with E-state index in [1.54, 1.807) is 0 Å². The molecule has 1 aromatic carbocycles. The van der Waals surface area contributed by atoms with Gasteiger partial charge in [0.2, 0.25) is 0 Å². The van der Waals surface area contributed by atoms with E-state index in [2.05, 4.69) is 48.5 Å². The number of benzene rings is 1. The fourth-order valence-corrected chi connectivity index (χ4v) is 3.56. The lowest BCUT2D eigenvalue weighted by Crippen LogP contribution is -2.35.